The summed E-state index contributed by atoms with van der Waals surface area (Å²) in [5.74, 6) is 1.000. The third kappa shape index (κ3) is 3.53. The molecule has 0 saturated carbocycles. The molecule has 0 unspecified atom stereocenters. The molecule has 0 aliphatic carbocycles. The number of aromatic nitrogens is 2. The maximum Gasteiger partial charge on any atom is 0.437 e. The lowest BCUT2D eigenvalue weighted by molar-refractivity contribution is 0.294. The number of benzene rings is 1. The predicted molar refractivity (Wildman–Crippen MR) is 84.5 cm³/mol. The van der Waals surface area contributed by atoms with E-state index < -0.39 is 5.76 Å². The summed E-state index contributed by atoms with van der Waals surface area (Å²) >= 11 is 0. The molecule has 0 N–H and O–H groups in total. The number of hydrogen-bond donors (Lipinski definition) is 0. The third-order valence-electron chi connectivity index (χ3n) is 3.45. The van der Waals surface area contributed by atoms with Crippen LogP contribution in [0, 0.1) is 13.8 Å². The van der Waals surface area contributed by atoms with Gasteiger partial charge in [0.25, 0.3) is 5.89 Å². The molecular formula is C17H18N2O4. The molecule has 1 aromatic carbocycles. The fraction of sp³-hybridized carbons (Fsp3) is 0.294. The standard InChI is InChI=1S/C17H18N2O4/c1-12-6-7-13(2)15(11-12)22-10-4-8-19-17(20)23-16(18-19)14-5-3-9-21-14/h3,5-7,9,11H,4,8,10H2,1-2H3. The smallest absolute Gasteiger partial charge is 0.437 e. The van der Waals surface area contributed by atoms with E-state index in [0.717, 1.165) is 16.9 Å². The summed E-state index contributed by atoms with van der Waals surface area (Å²) in [6.45, 7) is 4.96. The highest BCUT2D eigenvalue weighted by atomic mass is 16.5. The summed E-state index contributed by atoms with van der Waals surface area (Å²) in [6, 6.07) is 9.49. The van der Waals surface area contributed by atoms with Crippen LogP contribution >= 0.6 is 0 Å². The van der Waals surface area contributed by atoms with Crippen LogP contribution in [0.2, 0.25) is 0 Å². The molecule has 3 aromatic rings. The van der Waals surface area contributed by atoms with Gasteiger partial charge in [0.05, 0.1) is 19.4 Å². The monoisotopic (exact) mass is 314 g/mol. The van der Waals surface area contributed by atoms with Crippen LogP contribution in [0.15, 0.2) is 50.2 Å². The average molecular weight is 314 g/mol. The Morgan fingerprint density at radius 2 is 2.13 bits per heavy atom. The lowest BCUT2D eigenvalue weighted by Crippen LogP contribution is -2.17. The minimum Gasteiger partial charge on any atom is -0.493 e. The van der Waals surface area contributed by atoms with Crippen LogP contribution in [0.25, 0.3) is 11.7 Å². The Morgan fingerprint density at radius 3 is 2.91 bits per heavy atom. The maximum atomic E-state index is 11.7. The summed E-state index contributed by atoms with van der Waals surface area (Å²) in [4.78, 5) is 11.7. The minimum absolute atomic E-state index is 0.190. The highest BCUT2D eigenvalue weighted by Gasteiger charge is 2.12. The van der Waals surface area contributed by atoms with Crippen molar-refractivity contribution in [2.45, 2.75) is 26.8 Å². The van der Waals surface area contributed by atoms with E-state index in [0.29, 0.717) is 25.3 Å². The summed E-state index contributed by atoms with van der Waals surface area (Å²) in [5, 5.41) is 4.12. The molecule has 0 aliphatic heterocycles. The quantitative estimate of drug-likeness (QED) is 0.654. The van der Waals surface area contributed by atoms with Crippen molar-refractivity contribution in [2.24, 2.45) is 0 Å². The first kappa shape index (κ1) is 15.1. The number of rotatable bonds is 6. The molecule has 0 bridgehead atoms. The van der Waals surface area contributed by atoms with Crippen LogP contribution in [0.1, 0.15) is 17.5 Å². The molecule has 3 rings (SSSR count). The second kappa shape index (κ2) is 6.56. The molecule has 120 valence electrons. The lowest BCUT2D eigenvalue weighted by atomic mass is 10.1. The average Bonchev–Trinajstić information content (AvgIpc) is 3.17. The molecule has 2 heterocycles. The number of nitrogens with zero attached hydrogens (tertiary/aromatic N) is 2. The van der Waals surface area contributed by atoms with Crippen LogP contribution < -0.4 is 10.5 Å². The van der Waals surface area contributed by atoms with Gasteiger partial charge in [-0.25, -0.2) is 4.79 Å². The Balaban J connectivity index is 1.57. The largest absolute Gasteiger partial charge is 0.493 e. The van der Waals surface area contributed by atoms with Gasteiger partial charge in [-0.15, -0.1) is 5.10 Å². The Morgan fingerprint density at radius 1 is 1.26 bits per heavy atom. The van der Waals surface area contributed by atoms with Crippen molar-refractivity contribution in [3.8, 4) is 17.4 Å². The molecule has 0 aliphatic rings. The second-order valence-electron chi connectivity index (χ2n) is 5.34. The number of aryl methyl sites for hydroxylation is 3. The van der Waals surface area contributed by atoms with E-state index in [1.165, 1.54) is 10.9 Å². The van der Waals surface area contributed by atoms with Crippen molar-refractivity contribution in [3.63, 3.8) is 0 Å². The van der Waals surface area contributed by atoms with Gasteiger partial charge in [0.15, 0.2) is 5.76 Å². The van der Waals surface area contributed by atoms with Crippen LogP contribution in [0.5, 0.6) is 5.75 Å². The minimum atomic E-state index is -0.497. The zero-order valence-corrected chi connectivity index (χ0v) is 13.1. The van der Waals surface area contributed by atoms with E-state index in [1.54, 1.807) is 12.1 Å². The van der Waals surface area contributed by atoms with Gasteiger partial charge in [-0.2, -0.15) is 4.68 Å². The SMILES string of the molecule is Cc1ccc(C)c(OCCCn2nc(-c3ccco3)oc2=O)c1. The first-order valence-corrected chi connectivity index (χ1v) is 7.45. The molecule has 6 nitrogen and oxygen atoms in total. The van der Waals surface area contributed by atoms with Crippen LogP contribution in [0.3, 0.4) is 0 Å². The Kier molecular flexibility index (Phi) is 4.32. The Bertz CT molecular complexity index is 831. The van der Waals surface area contributed by atoms with Gasteiger partial charge in [-0.1, -0.05) is 12.1 Å². The summed E-state index contributed by atoms with van der Waals surface area (Å²) < 4.78 is 17.3. The number of furan rings is 1. The Labute approximate surface area is 133 Å². The predicted octanol–water partition coefficient (Wildman–Crippen LogP) is 3.18. The molecule has 0 fully saturated rings. The first-order valence-electron chi connectivity index (χ1n) is 7.45. The summed E-state index contributed by atoms with van der Waals surface area (Å²) in [7, 11) is 0. The van der Waals surface area contributed by atoms with Crippen LogP contribution in [-0.4, -0.2) is 16.4 Å². The molecule has 0 amide bonds. The normalized spacial score (nSPS) is 10.9. The van der Waals surface area contributed by atoms with E-state index in [4.69, 9.17) is 13.6 Å². The van der Waals surface area contributed by atoms with E-state index in [-0.39, 0.29) is 5.89 Å². The molecule has 2 aromatic heterocycles. The van der Waals surface area contributed by atoms with Gasteiger partial charge >= 0.3 is 5.76 Å². The summed E-state index contributed by atoms with van der Waals surface area (Å²) in [6.07, 6.45) is 2.16. The number of hydrogen-bond acceptors (Lipinski definition) is 5. The van der Waals surface area contributed by atoms with Gasteiger partial charge in [0, 0.05) is 6.42 Å². The lowest BCUT2D eigenvalue weighted by Gasteiger charge is -2.09. The van der Waals surface area contributed by atoms with Gasteiger partial charge in [0.2, 0.25) is 0 Å². The molecular weight excluding hydrogens is 296 g/mol. The molecule has 0 saturated heterocycles. The fourth-order valence-electron chi connectivity index (χ4n) is 2.21. The Hall–Kier alpha value is -2.76. The number of ether oxygens (including phenoxy) is 1. The second-order valence-corrected chi connectivity index (χ2v) is 5.34. The van der Waals surface area contributed by atoms with Crippen molar-refractivity contribution in [2.75, 3.05) is 6.61 Å². The van der Waals surface area contributed by atoms with E-state index >= 15 is 0 Å². The zero-order valence-electron chi connectivity index (χ0n) is 13.1. The van der Waals surface area contributed by atoms with E-state index in [1.807, 2.05) is 32.0 Å². The van der Waals surface area contributed by atoms with Gasteiger partial charge in [-0.05, 0) is 43.2 Å². The van der Waals surface area contributed by atoms with Crippen molar-refractivity contribution in [1.82, 2.24) is 9.78 Å². The highest BCUT2D eigenvalue weighted by molar-refractivity contribution is 5.42. The van der Waals surface area contributed by atoms with Crippen molar-refractivity contribution in [1.29, 1.82) is 0 Å². The molecule has 23 heavy (non-hydrogen) atoms. The van der Waals surface area contributed by atoms with Crippen molar-refractivity contribution >= 4 is 0 Å². The first-order chi connectivity index (χ1) is 11.1. The maximum absolute atomic E-state index is 11.7. The van der Waals surface area contributed by atoms with Crippen molar-refractivity contribution < 1.29 is 13.6 Å². The summed E-state index contributed by atoms with van der Waals surface area (Å²) in [5.41, 5.74) is 2.25. The molecule has 6 heteroatoms. The van der Waals surface area contributed by atoms with Crippen LogP contribution in [-0.2, 0) is 6.54 Å². The topological polar surface area (TPSA) is 70.4 Å². The van der Waals surface area contributed by atoms with Crippen molar-refractivity contribution in [3.05, 3.63) is 58.3 Å². The zero-order chi connectivity index (χ0) is 16.2. The van der Waals surface area contributed by atoms with Crippen LogP contribution in [0.4, 0.5) is 0 Å². The molecule has 0 radical (unpaired) electrons. The van der Waals surface area contributed by atoms with Gasteiger partial charge < -0.3 is 13.6 Å². The van der Waals surface area contributed by atoms with Gasteiger partial charge in [0.1, 0.15) is 5.75 Å². The van der Waals surface area contributed by atoms with Gasteiger partial charge in [-0.3, -0.25) is 0 Å². The molecule has 0 atom stereocenters. The molecule has 0 spiro atoms. The third-order valence-corrected chi connectivity index (χ3v) is 3.45. The van der Waals surface area contributed by atoms with E-state index in [9.17, 15) is 4.79 Å². The van der Waals surface area contributed by atoms with E-state index in [2.05, 4.69) is 5.10 Å². The fourth-order valence-corrected chi connectivity index (χ4v) is 2.21. The highest BCUT2D eigenvalue weighted by Crippen LogP contribution is 2.19.